The Balaban J connectivity index is 1.30. The minimum absolute atomic E-state index is 0.0874. The second-order valence-electron chi connectivity index (χ2n) is 10.6. The van der Waals surface area contributed by atoms with Gasteiger partial charge in [-0.2, -0.15) is 5.10 Å². The predicted molar refractivity (Wildman–Crippen MR) is 123 cm³/mol. The van der Waals surface area contributed by atoms with Crippen molar-refractivity contribution in [2.45, 2.75) is 94.7 Å². The third-order valence-corrected chi connectivity index (χ3v) is 8.02. The summed E-state index contributed by atoms with van der Waals surface area (Å²) in [4.78, 5) is 4.85. The van der Waals surface area contributed by atoms with E-state index < -0.39 is 0 Å². The fraction of sp³-hybridized carbons (Fsp3) is 0.692. The molecule has 2 unspecified atom stereocenters. The number of fused-ring (bicyclic) bond motifs is 1. The highest BCUT2D eigenvalue weighted by atomic mass is 16.5. The fourth-order valence-corrected chi connectivity index (χ4v) is 6.61. The number of pyridine rings is 1. The quantitative estimate of drug-likeness (QED) is 0.653. The van der Waals surface area contributed by atoms with Crippen molar-refractivity contribution in [1.29, 1.82) is 0 Å². The van der Waals surface area contributed by atoms with Crippen LogP contribution in [0.15, 0.2) is 36.7 Å². The highest BCUT2D eigenvalue weighted by Gasteiger charge is 2.48. The Hall–Kier alpha value is -1.72. The minimum atomic E-state index is 0.0874. The third-order valence-electron chi connectivity index (χ3n) is 8.02. The zero-order chi connectivity index (χ0) is 21.3. The van der Waals surface area contributed by atoms with Gasteiger partial charge < -0.3 is 10.1 Å². The van der Waals surface area contributed by atoms with E-state index in [0.717, 1.165) is 38.8 Å². The molecule has 1 aliphatic carbocycles. The topological polar surface area (TPSA) is 52.0 Å². The molecule has 2 fully saturated rings. The molecule has 3 atom stereocenters. The van der Waals surface area contributed by atoms with Gasteiger partial charge in [0.25, 0.3) is 0 Å². The van der Waals surface area contributed by atoms with Crippen LogP contribution in [0, 0.1) is 5.92 Å². The summed E-state index contributed by atoms with van der Waals surface area (Å²) in [5.41, 5.74) is 2.83. The Labute approximate surface area is 187 Å². The second kappa shape index (κ2) is 8.67. The van der Waals surface area contributed by atoms with Crippen molar-refractivity contribution in [3.8, 4) is 0 Å². The van der Waals surface area contributed by atoms with Crippen LogP contribution in [0.4, 0.5) is 0 Å². The van der Waals surface area contributed by atoms with E-state index in [1.54, 1.807) is 0 Å². The highest BCUT2D eigenvalue weighted by Crippen LogP contribution is 2.49. The van der Waals surface area contributed by atoms with Crippen molar-refractivity contribution in [3.05, 3.63) is 48.0 Å². The van der Waals surface area contributed by atoms with Crippen molar-refractivity contribution in [2.75, 3.05) is 13.2 Å². The standard InChI is InChI=1S/C26H38N4O/c1-20(2)17-21-18-22(23-8-14-29-30(21)23)27-15-11-25(24-7-3-6-13-28-24)12-16-31-26(19-25)9-4-5-10-26/h3,6-8,13-14,20-22,27H,4-5,9-12,15-19H2,1-2H3/t21?,22?,25-/m1/s1. The van der Waals surface area contributed by atoms with E-state index in [1.165, 1.54) is 43.5 Å². The highest BCUT2D eigenvalue weighted by molar-refractivity contribution is 5.21. The van der Waals surface area contributed by atoms with Gasteiger partial charge in [0, 0.05) is 30.1 Å². The van der Waals surface area contributed by atoms with Crippen LogP contribution in [0.5, 0.6) is 0 Å². The lowest BCUT2D eigenvalue weighted by molar-refractivity contribution is -0.104. The van der Waals surface area contributed by atoms with E-state index in [2.05, 4.69) is 47.1 Å². The van der Waals surface area contributed by atoms with Gasteiger partial charge in [-0.1, -0.05) is 32.8 Å². The SMILES string of the molecule is CC(C)CC1CC(NCC[C@@]2(c3ccccn3)CCOC3(CCCC3)C2)c2ccnn21. The normalized spacial score (nSPS) is 29.6. The van der Waals surface area contributed by atoms with Gasteiger partial charge in [-0.15, -0.1) is 0 Å². The molecular weight excluding hydrogens is 384 g/mol. The van der Waals surface area contributed by atoms with Gasteiger partial charge >= 0.3 is 0 Å². The molecule has 3 aliphatic rings. The lowest BCUT2D eigenvalue weighted by Crippen LogP contribution is -2.47. The molecule has 31 heavy (non-hydrogen) atoms. The maximum Gasteiger partial charge on any atom is 0.0691 e. The van der Waals surface area contributed by atoms with Crippen LogP contribution in [0.25, 0.3) is 0 Å². The average Bonchev–Trinajstić information content (AvgIpc) is 3.48. The Morgan fingerprint density at radius 2 is 2.03 bits per heavy atom. The zero-order valence-corrected chi connectivity index (χ0v) is 19.2. The monoisotopic (exact) mass is 422 g/mol. The minimum Gasteiger partial charge on any atom is -0.375 e. The lowest BCUT2D eigenvalue weighted by Gasteiger charge is -2.46. The number of aromatic nitrogens is 3. The number of nitrogens with one attached hydrogen (secondary N) is 1. The van der Waals surface area contributed by atoms with E-state index in [9.17, 15) is 0 Å². The maximum absolute atomic E-state index is 6.41. The van der Waals surface area contributed by atoms with Crippen LogP contribution in [0.2, 0.25) is 0 Å². The van der Waals surface area contributed by atoms with E-state index >= 15 is 0 Å². The Morgan fingerprint density at radius 3 is 2.81 bits per heavy atom. The number of rotatable bonds is 7. The Bertz CT molecular complexity index is 857. The van der Waals surface area contributed by atoms with Crippen molar-refractivity contribution in [2.24, 2.45) is 5.92 Å². The summed E-state index contributed by atoms with van der Waals surface area (Å²) in [6, 6.07) is 9.57. The molecule has 0 amide bonds. The van der Waals surface area contributed by atoms with E-state index in [1.807, 2.05) is 18.5 Å². The largest absolute Gasteiger partial charge is 0.375 e. The Morgan fingerprint density at radius 1 is 1.16 bits per heavy atom. The van der Waals surface area contributed by atoms with Gasteiger partial charge in [0.1, 0.15) is 0 Å². The first kappa shape index (κ1) is 21.1. The van der Waals surface area contributed by atoms with Gasteiger partial charge in [-0.05, 0) is 75.6 Å². The molecule has 0 bridgehead atoms. The molecule has 0 radical (unpaired) electrons. The van der Waals surface area contributed by atoms with Gasteiger partial charge in [0.05, 0.1) is 23.4 Å². The molecule has 5 heteroatoms. The van der Waals surface area contributed by atoms with Gasteiger partial charge in [-0.3, -0.25) is 9.67 Å². The van der Waals surface area contributed by atoms with E-state index in [0.29, 0.717) is 18.0 Å². The number of hydrogen-bond acceptors (Lipinski definition) is 4. The predicted octanol–water partition coefficient (Wildman–Crippen LogP) is 5.35. The molecule has 0 aromatic carbocycles. The smallest absolute Gasteiger partial charge is 0.0691 e. The van der Waals surface area contributed by atoms with Crippen LogP contribution < -0.4 is 5.32 Å². The van der Waals surface area contributed by atoms with Crippen LogP contribution in [-0.2, 0) is 10.2 Å². The van der Waals surface area contributed by atoms with Crippen molar-refractivity contribution < 1.29 is 4.74 Å². The van der Waals surface area contributed by atoms with Crippen molar-refractivity contribution in [3.63, 3.8) is 0 Å². The molecule has 1 saturated heterocycles. The molecule has 2 aromatic rings. The summed E-state index contributed by atoms with van der Waals surface area (Å²) in [5, 5.41) is 8.56. The first-order valence-corrected chi connectivity index (χ1v) is 12.4. The first-order chi connectivity index (χ1) is 15.1. The fourth-order valence-electron chi connectivity index (χ4n) is 6.61. The number of ether oxygens (including phenoxy) is 1. The second-order valence-corrected chi connectivity index (χ2v) is 10.6. The molecule has 2 aromatic heterocycles. The van der Waals surface area contributed by atoms with E-state index in [-0.39, 0.29) is 11.0 Å². The summed E-state index contributed by atoms with van der Waals surface area (Å²) in [6.07, 6.45) is 14.6. The molecule has 5 nitrogen and oxygen atoms in total. The molecule has 1 N–H and O–H groups in total. The van der Waals surface area contributed by atoms with Crippen LogP contribution in [0.1, 0.15) is 95.1 Å². The molecule has 168 valence electrons. The van der Waals surface area contributed by atoms with Gasteiger partial charge in [0.15, 0.2) is 0 Å². The van der Waals surface area contributed by atoms with Crippen LogP contribution >= 0.6 is 0 Å². The van der Waals surface area contributed by atoms with E-state index in [4.69, 9.17) is 9.72 Å². The van der Waals surface area contributed by atoms with Gasteiger partial charge in [0.2, 0.25) is 0 Å². The maximum atomic E-state index is 6.41. The summed E-state index contributed by atoms with van der Waals surface area (Å²) in [7, 11) is 0. The molecule has 5 rings (SSSR count). The summed E-state index contributed by atoms with van der Waals surface area (Å²) < 4.78 is 8.68. The zero-order valence-electron chi connectivity index (χ0n) is 19.2. The van der Waals surface area contributed by atoms with Gasteiger partial charge in [-0.25, -0.2) is 0 Å². The number of hydrogen-bond donors (Lipinski definition) is 1. The Kier molecular flexibility index (Phi) is 5.91. The molecule has 2 aliphatic heterocycles. The summed E-state index contributed by atoms with van der Waals surface area (Å²) in [6.45, 7) is 6.50. The van der Waals surface area contributed by atoms with Crippen molar-refractivity contribution >= 4 is 0 Å². The summed E-state index contributed by atoms with van der Waals surface area (Å²) >= 11 is 0. The number of nitrogens with zero attached hydrogens (tertiary/aromatic N) is 3. The van der Waals surface area contributed by atoms with Crippen molar-refractivity contribution in [1.82, 2.24) is 20.1 Å². The summed E-state index contributed by atoms with van der Waals surface area (Å²) in [5.74, 6) is 0.693. The van der Waals surface area contributed by atoms with Crippen LogP contribution in [0.3, 0.4) is 0 Å². The molecule has 1 spiro atoms. The molecular formula is C26H38N4O. The molecule has 4 heterocycles. The lowest BCUT2D eigenvalue weighted by atomic mass is 9.68. The molecule has 1 saturated carbocycles. The average molecular weight is 423 g/mol. The third kappa shape index (κ3) is 4.19. The van der Waals surface area contributed by atoms with Crippen LogP contribution in [-0.4, -0.2) is 33.5 Å². The first-order valence-electron chi connectivity index (χ1n) is 12.4.